The number of aliphatic hydroxyl groups excluding tert-OH is 1. The molecule has 2 aromatic rings. The van der Waals surface area contributed by atoms with Crippen molar-refractivity contribution < 1.29 is 18.3 Å². The van der Waals surface area contributed by atoms with E-state index in [0.717, 1.165) is 10.9 Å². The number of thiophene rings is 1. The Morgan fingerprint density at radius 3 is 2.57 bits per heavy atom. The van der Waals surface area contributed by atoms with Crippen LogP contribution in [0.1, 0.15) is 16.0 Å². The van der Waals surface area contributed by atoms with Gasteiger partial charge in [0, 0.05) is 24.2 Å². The zero-order valence-electron chi connectivity index (χ0n) is 11.5. The number of hydrogen-bond acceptors (Lipinski definition) is 3. The van der Waals surface area contributed by atoms with Gasteiger partial charge in [0.1, 0.15) is 0 Å². The second kappa shape index (κ2) is 6.49. The summed E-state index contributed by atoms with van der Waals surface area (Å²) in [5.74, 6) is 0. The minimum atomic E-state index is -4.43. The molecule has 0 atom stereocenters. The molecule has 0 saturated carbocycles. The van der Waals surface area contributed by atoms with Gasteiger partial charge < -0.3 is 10.0 Å². The van der Waals surface area contributed by atoms with Crippen molar-refractivity contribution in [2.45, 2.75) is 19.2 Å². The maximum atomic E-state index is 13.1. The summed E-state index contributed by atoms with van der Waals surface area (Å²) in [6, 6.07) is 7.85. The van der Waals surface area contributed by atoms with Crippen LogP contribution in [-0.2, 0) is 19.2 Å². The lowest BCUT2D eigenvalue weighted by Crippen LogP contribution is -2.23. The number of hydrogen-bond donors (Lipinski definition) is 1. The van der Waals surface area contributed by atoms with Gasteiger partial charge in [-0.25, -0.2) is 0 Å². The Kier molecular flexibility index (Phi) is 4.90. The van der Waals surface area contributed by atoms with Gasteiger partial charge in [0.25, 0.3) is 0 Å². The van der Waals surface area contributed by atoms with Gasteiger partial charge in [-0.2, -0.15) is 13.2 Å². The highest BCUT2D eigenvalue weighted by Gasteiger charge is 2.34. The molecule has 0 fully saturated rings. The SMILES string of the molecule is CN(CCc1cccs1)c1ccc(CO)cc1C(F)(F)F. The minimum Gasteiger partial charge on any atom is -0.392 e. The Balaban J connectivity index is 2.21. The molecule has 114 valence electrons. The largest absolute Gasteiger partial charge is 0.418 e. The number of rotatable bonds is 5. The van der Waals surface area contributed by atoms with Crippen molar-refractivity contribution in [2.75, 3.05) is 18.5 Å². The maximum Gasteiger partial charge on any atom is 0.418 e. The number of likely N-dealkylation sites (N-methyl/N-ethyl adjacent to an activating group) is 1. The van der Waals surface area contributed by atoms with Crippen LogP contribution in [0.5, 0.6) is 0 Å². The van der Waals surface area contributed by atoms with Crippen LogP contribution >= 0.6 is 11.3 Å². The molecule has 21 heavy (non-hydrogen) atoms. The van der Waals surface area contributed by atoms with E-state index >= 15 is 0 Å². The molecule has 0 amide bonds. The van der Waals surface area contributed by atoms with Crippen molar-refractivity contribution in [3.8, 4) is 0 Å². The van der Waals surface area contributed by atoms with E-state index < -0.39 is 18.3 Å². The van der Waals surface area contributed by atoms with Gasteiger partial charge >= 0.3 is 6.18 Å². The lowest BCUT2D eigenvalue weighted by atomic mass is 10.1. The van der Waals surface area contributed by atoms with E-state index in [4.69, 9.17) is 5.11 Å². The molecule has 0 unspecified atom stereocenters. The predicted molar refractivity (Wildman–Crippen MR) is 78.7 cm³/mol. The van der Waals surface area contributed by atoms with Crippen molar-refractivity contribution >= 4 is 17.0 Å². The van der Waals surface area contributed by atoms with Crippen molar-refractivity contribution in [3.63, 3.8) is 0 Å². The molecule has 0 bridgehead atoms. The molecule has 2 rings (SSSR count). The zero-order chi connectivity index (χ0) is 15.5. The monoisotopic (exact) mass is 315 g/mol. The maximum absolute atomic E-state index is 13.1. The third kappa shape index (κ3) is 3.98. The molecule has 6 heteroatoms. The quantitative estimate of drug-likeness (QED) is 0.903. The number of nitrogens with zero attached hydrogens (tertiary/aromatic N) is 1. The van der Waals surface area contributed by atoms with Crippen molar-refractivity contribution in [1.82, 2.24) is 0 Å². The third-order valence-electron chi connectivity index (χ3n) is 3.23. The van der Waals surface area contributed by atoms with Gasteiger partial charge in [-0.1, -0.05) is 12.1 Å². The normalized spacial score (nSPS) is 11.7. The third-order valence-corrected chi connectivity index (χ3v) is 4.17. The number of benzene rings is 1. The van der Waals surface area contributed by atoms with Crippen LogP contribution in [0.3, 0.4) is 0 Å². The van der Waals surface area contributed by atoms with Crippen LogP contribution in [0.15, 0.2) is 35.7 Å². The van der Waals surface area contributed by atoms with Gasteiger partial charge in [-0.3, -0.25) is 0 Å². The highest BCUT2D eigenvalue weighted by Crippen LogP contribution is 2.37. The van der Waals surface area contributed by atoms with E-state index in [-0.39, 0.29) is 11.3 Å². The van der Waals surface area contributed by atoms with Gasteiger partial charge in [0.05, 0.1) is 12.2 Å². The van der Waals surface area contributed by atoms with E-state index in [1.165, 1.54) is 12.1 Å². The summed E-state index contributed by atoms with van der Waals surface area (Å²) >= 11 is 1.59. The highest BCUT2D eigenvalue weighted by atomic mass is 32.1. The first kappa shape index (κ1) is 15.9. The van der Waals surface area contributed by atoms with E-state index in [2.05, 4.69) is 0 Å². The van der Waals surface area contributed by atoms with E-state index in [1.807, 2.05) is 17.5 Å². The molecule has 2 nitrogen and oxygen atoms in total. The summed E-state index contributed by atoms with van der Waals surface area (Å²) in [5.41, 5.74) is -0.309. The Hall–Kier alpha value is -1.53. The average molecular weight is 315 g/mol. The standard InChI is InChI=1S/C15H16F3NOS/c1-19(7-6-12-3-2-8-21-12)14-5-4-11(10-20)9-13(14)15(16,17)18/h2-5,8-9,20H,6-7,10H2,1H3. The van der Waals surface area contributed by atoms with Crippen LogP contribution in [0.4, 0.5) is 18.9 Å². The lowest BCUT2D eigenvalue weighted by Gasteiger charge is -2.24. The molecule has 1 aromatic heterocycles. The van der Waals surface area contributed by atoms with Crippen molar-refractivity contribution in [2.24, 2.45) is 0 Å². The Morgan fingerprint density at radius 1 is 1.24 bits per heavy atom. The van der Waals surface area contributed by atoms with Gasteiger partial charge in [0.15, 0.2) is 0 Å². The molecule has 1 N–H and O–H groups in total. The Bertz CT molecular complexity index is 581. The number of anilines is 1. The second-order valence-electron chi connectivity index (χ2n) is 4.76. The van der Waals surface area contributed by atoms with Crippen LogP contribution < -0.4 is 4.90 Å². The molecule has 0 aliphatic carbocycles. The fourth-order valence-electron chi connectivity index (χ4n) is 2.09. The lowest BCUT2D eigenvalue weighted by molar-refractivity contribution is -0.137. The van der Waals surface area contributed by atoms with Crippen molar-refractivity contribution in [3.05, 3.63) is 51.7 Å². The highest BCUT2D eigenvalue weighted by molar-refractivity contribution is 7.09. The van der Waals surface area contributed by atoms with Gasteiger partial charge in [-0.05, 0) is 35.6 Å². The zero-order valence-corrected chi connectivity index (χ0v) is 12.3. The second-order valence-corrected chi connectivity index (χ2v) is 5.79. The molecule has 1 aromatic carbocycles. The van der Waals surface area contributed by atoms with E-state index in [9.17, 15) is 13.2 Å². The molecule has 0 spiro atoms. The van der Waals surface area contributed by atoms with Crippen LogP contribution in [0, 0.1) is 0 Å². The Labute approximate surface area is 125 Å². The van der Waals surface area contributed by atoms with Gasteiger partial charge in [-0.15, -0.1) is 11.3 Å². The van der Waals surface area contributed by atoms with Crippen LogP contribution in [0.25, 0.3) is 0 Å². The number of aliphatic hydroxyl groups is 1. The fourth-order valence-corrected chi connectivity index (χ4v) is 2.79. The molecule has 0 aliphatic rings. The fraction of sp³-hybridized carbons (Fsp3) is 0.333. The number of alkyl halides is 3. The summed E-state index contributed by atoms with van der Waals surface area (Å²) in [7, 11) is 1.65. The van der Waals surface area contributed by atoms with Crippen molar-refractivity contribution in [1.29, 1.82) is 0 Å². The summed E-state index contributed by atoms with van der Waals surface area (Å²) in [6.07, 6.45) is -3.73. The molecule has 0 saturated heterocycles. The average Bonchev–Trinajstić information content (AvgIpc) is 2.96. The smallest absolute Gasteiger partial charge is 0.392 e. The molecule has 1 heterocycles. The molecular weight excluding hydrogens is 299 g/mol. The summed E-state index contributed by atoms with van der Waals surface area (Å²) in [6.45, 7) is 0.102. The van der Waals surface area contributed by atoms with Crippen LogP contribution in [-0.4, -0.2) is 18.7 Å². The first-order valence-electron chi connectivity index (χ1n) is 6.46. The Morgan fingerprint density at radius 2 is 2.00 bits per heavy atom. The predicted octanol–water partition coefficient (Wildman–Crippen LogP) is 3.94. The van der Waals surface area contributed by atoms with E-state index in [1.54, 1.807) is 23.3 Å². The molecular formula is C15H16F3NOS. The summed E-state index contributed by atoms with van der Waals surface area (Å²) in [5, 5.41) is 11.0. The topological polar surface area (TPSA) is 23.5 Å². The van der Waals surface area contributed by atoms with Crippen LogP contribution in [0.2, 0.25) is 0 Å². The number of halogens is 3. The van der Waals surface area contributed by atoms with Gasteiger partial charge in [0.2, 0.25) is 0 Å². The summed E-state index contributed by atoms with van der Waals surface area (Å²) in [4.78, 5) is 2.74. The molecule has 0 aliphatic heterocycles. The first-order chi connectivity index (χ1) is 9.91. The minimum absolute atomic E-state index is 0.135. The first-order valence-corrected chi connectivity index (χ1v) is 7.34. The summed E-state index contributed by atoms with van der Waals surface area (Å²) < 4.78 is 39.4. The van der Waals surface area contributed by atoms with E-state index in [0.29, 0.717) is 13.0 Å². The molecule has 0 radical (unpaired) electrons.